The average molecular weight is 498 g/mol. The van der Waals surface area contributed by atoms with Gasteiger partial charge in [0.2, 0.25) is 0 Å². The molecule has 0 aromatic rings. The fourth-order valence-corrected chi connectivity index (χ4v) is 11.4. The van der Waals surface area contributed by atoms with Gasteiger partial charge in [-0.2, -0.15) is 0 Å². The van der Waals surface area contributed by atoms with Crippen LogP contribution in [-0.2, 0) is 23.7 Å². The van der Waals surface area contributed by atoms with E-state index in [0.29, 0.717) is 32.4 Å². The number of hydrogen-bond acceptors (Lipinski definition) is 9. The minimum absolute atomic E-state index is 0.0342. The Hall–Kier alpha value is -0.360. The number of methoxy groups -OCH3 is 5. The lowest BCUT2D eigenvalue weighted by atomic mass is 9.41. The summed E-state index contributed by atoms with van der Waals surface area (Å²) in [6, 6.07) is -0.465. The van der Waals surface area contributed by atoms with Gasteiger partial charge in [0.25, 0.3) is 0 Å². The highest BCUT2D eigenvalue weighted by molar-refractivity contribution is 5.45. The highest BCUT2D eigenvalue weighted by Gasteiger charge is 2.95. The van der Waals surface area contributed by atoms with E-state index in [-0.39, 0.29) is 36.8 Å². The molecule has 1 saturated heterocycles. The monoisotopic (exact) mass is 497 g/mol. The van der Waals surface area contributed by atoms with Gasteiger partial charge in [0.1, 0.15) is 11.2 Å². The molecular formula is C26H43NO8. The van der Waals surface area contributed by atoms with Crippen LogP contribution in [0.2, 0.25) is 0 Å². The lowest BCUT2D eigenvalue weighted by Crippen LogP contribution is -2.86. The normalized spacial score (nSPS) is 60.3. The van der Waals surface area contributed by atoms with Crippen molar-refractivity contribution in [2.45, 2.75) is 79.9 Å². The molecule has 1 heterocycles. The van der Waals surface area contributed by atoms with E-state index in [4.69, 9.17) is 23.7 Å². The molecule has 6 fully saturated rings. The number of likely N-dealkylation sites (tertiary alicyclic amines) is 1. The van der Waals surface area contributed by atoms with Gasteiger partial charge in [-0.1, -0.05) is 6.92 Å². The molecular weight excluding hydrogens is 454 g/mol. The molecule has 3 N–H and O–H groups in total. The quantitative estimate of drug-likeness (QED) is 0.449. The first kappa shape index (κ1) is 24.9. The number of rotatable bonds is 7. The lowest BCUT2D eigenvalue weighted by Gasteiger charge is -2.72. The summed E-state index contributed by atoms with van der Waals surface area (Å²) >= 11 is 0. The third-order valence-corrected chi connectivity index (χ3v) is 12.0. The van der Waals surface area contributed by atoms with Crippen LogP contribution in [0.1, 0.15) is 32.6 Å². The molecule has 0 aromatic heterocycles. The van der Waals surface area contributed by atoms with Crippen LogP contribution in [0.5, 0.6) is 0 Å². The maximum Gasteiger partial charge on any atom is 0.136 e. The van der Waals surface area contributed by atoms with Crippen molar-refractivity contribution in [1.29, 1.82) is 0 Å². The summed E-state index contributed by atoms with van der Waals surface area (Å²) in [6.07, 6.45) is 0.797. The van der Waals surface area contributed by atoms with Crippen LogP contribution in [0.25, 0.3) is 0 Å². The maximum atomic E-state index is 13.3. The van der Waals surface area contributed by atoms with Gasteiger partial charge in [-0.15, -0.1) is 0 Å². The van der Waals surface area contributed by atoms with Gasteiger partial charge in [0.05, 0.1) is 48.1 Å². The number of ether oxygens (including phenoxy) is 5. The highest BCUT2D eigenvalue weighted by atomic mass is 16.5. The summed E-state index contributed by atoms with van der Waals surface area (Å²) in [5, 5.41) is 37.6. The number of likely N-dealkylation sites (N-methyl/N-ethyl adjacent to an activating group) is 1. The van der Waals surface area contributed by atoms with E-state index in [1.807, 2.05) is 0 Å². The number of aliphatic hydroxyl groups is 3. The standard InChI is InChI=1S/C26H43NO8/c1-7-27-12-22(13-28)9-8-16(32-3)25-19(22)20(34-5)26(30,21(25)27)24(35-6)11-15(31-2)14-10-23(25,29)18(24)17(14)33-4/h14-21,28-30H,7-13H2,1-6H3/t14-,15+,16+,17+,18+,19-,20+,21+,22+,23+,24-,25-,26-/m1/s1. The summed E-state index contributed by atoms with van der Waals surface area (Å²) in [7, 11) is 8.37. The first-order valence-corrected chi connectivity index (χ1v) is 13.2. The van der Waals surface area contributed by atoms with Gasteiger partial charge in [0, 0.05) is 71.7 Å². The largest absolute Gasteiger partial charge is 0.396 e. The fourth-order valence-electron chi connectivity index (χ4n) is 11.4. The van der Waals surface area contributed by atoms with Crippen LogP contribution >= 0.6 is 0 Å². The minimum Gasteiger partial charge on any atom is -0.396 e. The van der Waals surface area contributed by atoms with E-state index in [2.05, 4.69) is 11.8 Å². The predicted molar refractivity (Wildman–Crippen MR) is 125 cm³/mol. The second-order valence-electron chi connectivity index (χ2n) is 12.2. The van der Waals surface area contributed by atoms with E-state index >= 15 is 0 Å². The molecule has 6 aliphatic rings. The Morgan fingerprint density at radius 2 is 1.69 bits per heavy atom. The third kappa shape index (κ3) is 2.24. The van der Waals surface area contributed by atoms with Crippen molar-refractivity contribution in [1.82, 2.24) is 4.90 Å². The van der Waals surface area contributed by atoms with Crippen molar-refractivity contribution in [3.63, 3.8) is 0 Å². The number of piperidine rings is 1. The Kier molecular flexibility index (Phi) is 5.42. The Bertz CT molecular complexity index is 876. The molecule has 200 valence electrons. The van der Waals surface area contributed by atoms with Gasteiger partial charge in [-0.05, 0) is 25.8 Å². The van der Waals surface area contributed by atoms with Gasteiger partial charge < -0.3 is 39.0 Å². The molecule has 35 heavy (non-hydrogen) atoms. The minimum atomic E-state index is -1.48. The van der Waals surface area contributed by atoms with Crippen molar-refractivity contribution in [2.24, 2.45) is 28.6 Å². The number of nitrogens with zero attached hydrogens (tertiary/aromatic N) is 1. The SMILES string of the molecule is CCN1C[C@]2(CO)CC[C@H](OC)[C@@]34[C@@H]2[C@H](OC)[C@@](O)([C@@H]13)[C@@]1(OC)C[C@H](OC)[C@H]2C[C@]4(O)[C@@H]1[C@H]2OC. The lowest BCUT2D eigenvalue weighted by molar-refractivity contribution is -0.362. The van der Waals surface area contributed by atoms with Crippen LogP contribution in [-0.4, -0.2) is 123 Å². The first-order valence-electron chi connectivity index (χ1n) is 13.2. The summed E-state index contributed by atoms with van der Waals surface area (Å²) in [6.45, 7) is 3.36. The Balaban J connectivity index is 1.75. The van der Waals surface area contributed by atoms with Gasteiger partial charge in [0.15, 0.2) is 0 Å². The van der Waals surface area contributed by atoms with Crippen LogP contribution in [0, 0.1) is 28.6 Å². The number of hydrogen-bond donors (Lipinski definition) is 3. The molecule has 1 aliphatic heterocycles. The van der Waals surface area contributed by atoms with Crippen LogP contribution in [0.15, 0.2) is 0 Å². The number of aliphatic hydroxyl groups excluding tert-OH is 1. The molecule has 0 radical (unpaired) electrons. The van der Waals surface area contributed by atoms with Crippen molar-refractivity contribution >= 4 is 0 Å². The molecule has 9 nitrogen and oxygen atoms in total. The molecule has 13 atom stereocenters. The second-order valence-corrected chi connectivity index (χ2v) is 12.2. The van der Waals surface area contributed by atoms with Crippen LogP contribution in [0.4, 0.5) is 0 Å². The summed E-state index contributed by atoms with van der Waals surface area (Å²) < 4.78 is 31.2. The first-order chi connectivity index (χ1) is 16.7. The summed E-state index contributed by atoms with van der Waals surface area (Å²) in [4.78, 5) is 2.28. The third-order valence-electron chi connectivity index (χ3n) is 12.0. The topological polar surface area (TPSA) is 110 Å². The van der Waals surface area contributed by atoms with Crippen LogP contribution in [0.3, 0.4) is 0 Å². The molecule has 9 heteroatoms. The van der Waals surface area contributed by atoms with Crippen molar-refractivity contribution < 1.29 is 39.0 Å². The number of fused-ring (bicyclic) bond motifs is 2. The summed E-state index contributed by atoms with van der Waals surface area (Å²) in [5.41, 5.74) is -5.31. The van der Waals surface area contributed by atoms with Crippen LogP contribution < -0.4 is 0 Å². The van der Waals surface area contributed by atoms with Gasteiger partial charge in [-0.25, -0.2) is 0 Å². The molecule has 0 amide bonds. The molecule has 7 bridgehead atoms. The Morgan fingerprint density at radius 3 is 2.23 bits per heavy atom. The van der Waals surface area contributed by atoms with Gasteiger partial charge >= 0.3 is 0 Å². The zero-order valence-electron chi connectivity index (χ0n) is 21.9. The van der Waals surface area contributed by atoms with Crippen molar-refractivity contribution in [3.8, 4) is 0 Å². The molecule has 0 aromatic carbocycles. The second kappa shape index (κ2) is 7.61. The van der Waals surface area contributed by atoms with E-state index in [0.717, 1.165) is 6.42 Å². The molecule has 5 saturated carbocycles. The van der Waals surface area contributed by atoms with Gasteiger partial charge in [-0.3, -0.25) is 4.90 Å². The summed E-state index contributed by atoms with van der Waals surface area (Å²) in [5.74, 6) is -0.837. The van der Waals surface area contributed by atoms with E-state index in [1.165, 1.54) is 0 Å². The molecule has 0 unspecified atom stereocenters. The fraction of sp³-hybridized carbons (Fsp3) is 1.00. The van der Waals surface area contributed by atoms with Crippen molar-refractivity contribution in [3.05, 3.63) is 0 Å². The zero-order valence-corrected chi connectivity index (χ0v) is 21.9. The molecule has 5 aliphatic carbocycles. The Morgan fingerprint density at radius 1 is 0.943 bits per heavy atom. The smallest absolute Gasteiger partial charge is 0.136 e. The zero-order chi connectivity index (χ0) is 25.2. The average Bonchev–Trinajstić information content (AvgIpc) is 3.22. The predicted octanol–water partition coefficient (Wildman–Crippen LogP) is 0.0400. The maximum absolute atomic E-state index is 13.3. The molecule has 6 rings (SSSR count). The van der Waals surface area contributed by atoms with E-state index in [9.17, 15) is 15.3 Å². The molecule has 1 spiro atoms. The Labute approximate surface area is 208 Å². The van der Waals surface area contributed by atoms with E-state index < -0.39 is 45.7 Å². The van der Waals surface area contributed by atoms with E-state index in [1.54, 1.807) is 35.5 Å². The van der Waals surface area contributed by atoms with Crippen molar-refractivity contribution in [2.75, 3.05) is 55.2 Å². The highest BCUT2D eigenvalue weighted by Crippen LogP contribution is 2.82.